The van der Waals surface area contributed by atoms with Crippen LogP contribution in [0.5, 0.6) is 0 Å². The largest absolute Gasteiger partial charge is 0.359 e. The van der Waals surface area contributed by atoms with Gasteiger partial charge in [0, 0.05) is 0 Å². The maximum atomic E-state index is 11.8. The van der Waals surface area contributed by atoms with E-state index in [1.54, 1.807) is 6.08 Å². The van der Waals surface area contributed by atoms with Crippen LogP contribution >= 0.6 is 0 Å². The quantitative estimate of drug-likeness (QED) is 0.505. The zero-order valence-electron chi connectivity index (χ0n) is 11.5. The van der Waals surface area contributed by atoms with Crippen LogP contribution in [0.3, 0.4) is 0 Å². The van der Waals surface area contributed by atoms with Crippen LogP contribution in [0.4, 0.5) is 0 Å². The molecular formula is C16H24O2. The lowest BCUT2D eigenvalue weighted by Gasteiger charge is -2.38. The van der Waals surface area contributed by atoms with E-state index in [0.717, 1.165) is 25.7 Å². The molecule has 0 aromatic heterocycles. The predicted octanol–water partition coefficient (Wildman–Crippen LogP) is 3.84. The number of rotatable bonds is 7. The smallest absolute Gasteiger partial charge is 0.184 e. The summed E-state index contributed by atoms with van der Waals surface area (Å²) >= 11 is 0. The Kier molecular flexibility index (Phi) is 5.54. The van der Waals surface area contributed by atoms with Crippen molar-refractivity contribution >= 4 is 5.78 Å². The third-order valence-electron chi connectivity index (χ3n) is 3.30. The number of hydrogen-bond donors (Lipinski definition) is 0. The van der Waals surface area contributed by atoms with Crippen molar-refractivity contribution in [2.24, 2.45) is 5.92 Å². The van der Waals surface area contributed by atoms with E-state index < -0.39 is 0 Å². The average molecular weight is 248 g/mol. The van der Waals surface area contributed by atoms with E-state index in [1.165, 1.54) is 0 Å². The average Bonchev–Trinajstić information content (AvgIpc) is 2.33. The van der Waals surface area contributed by atoms with Crippen LogP contribution in [0.2, 0.25) is 0 Å². The molecule has 0 aliphatic carbocycles. The van der Waals surface area contributed by atoms with Crippen molar-refractivity contribution in [1.82, 2.24) is 0 Å². The first kappa shape index (κ1) is 14.9. The Morgan fingerprint density at radius 2 is 2.17 bits per heavy atom. The Labute approximate surface area is 110 Å². The van der Waals surface area contributed by atoms with Crippen LogP contribution in [-0.4, -0.2) is 17.5 Å². The van der Waals surface area contributed by atoms with Gasteiger partial charge >= 0.3 is 0 Å². The van der Waals surface area contributed by atoms with E-state index in [2.05, 4.69) is 13.2 Å². The highest BCUT2D eigenvalue weighted by Crippen LogP contribution is 2.32. The minimum atomic E-state index is -0.354. The molecule has 0 aromatic rings. The van der Waals surface area contributed by atoms with Crippen LogP contribution in [-0.2, 0) is 9.53 Å². The van der Waals surface area contributed by atoms with E-state index in [1.807, 2.05) is 32.1 Å². The predicted molar refractivity (Wildman–Crippen MR) is 75.5 cm³/mol. The Hall–Kier alpha value is -1.15. The maximum absolute atomic E-state index is 11.8. The second kappa shape index (κ2) is 6.69. The summed E-state index contributed by atoms with van der Waals surface area (Å²) in [5.74, 6) is 0.277. The van der Waals surface area contributed by atoms with E-state index in [-0.39, 0.29) is 23.4 Å². The van der Waals surface area contributed by atoms with Crippen molar-refractivity contribution in [3.8, 4) is 0 Å². The molecule has 0 spiro atoms. The van der Waals surface area contributed by atoms with Gasteiger partial charge in [-0.2, -0.15) is 0 Å². The standard InChI is InChI=1S/C16H24O2/c1-5-7-8-11-16(10-6-2)12-9-14(17)15(18-16)13(3)4/h5-6,9,12-13,15H,1-2,7-8,10-11H2,3-4H3/t15-,16+/m1/s1. The van der Waals surface area contributed by atoms with Crippen molar-refractivity contribution in [3.05, 3.63) is 37.5 Å². The molecule has 2 nitrogen and oxygen atoms in total. The van der Waals surface area contributed by atoms with Gasteiger partial charge in [0.15, 0.2) is 5.78 Å². The fourth-order valence-corrected chi connectivity index (χ4v) is 2.29. The highest BCUT2D eigenvalue weighted by molar-refractivity contribution is 5.94. The number of carbonyl (C=O) groups is 1. The molecule has 0 unspecified atom stereocenters. The summed E-state index contributed by atoms with van der Waals surface area (Å²) < 4.78 is 6.09. The highest BCUT2D eigenvalue weighted by atomic mass is 16.5. The van der Waals surface area contributed by atoms with Crippen LogP contribution in [0.15, 0.2) is 37.5 Å². The van der Waals surface area contributed by atoms with Gasteiger partial charge in [-0.25, -0.2) is 0 Å². The first-order valence-corrected chi connectivity index (χ1v) is 6.67. The molecule has 0 saturated heterocycles. The van der Waals surface area contributed by atoms with Crippen LogP contribution in [0, 0.1) is 5.92 Å². The third kappa shape index (κ3) is 3.67. The van der Waals surface area contributed by atoms with Gasteiger partial charge in [0.05, 0.1) is 5.60 Å². The number of hydrogen-bond acceptors (Lipinski definition) is 2. The summed E-state index contributed by atoms with van der Waals surface area (Å²) in [6.45, 7) is 11.6. The number of ether oxygens (including phenoxy) is 1. The number of unbranched alkanes of at least 4 members (excludes halogenated alkanes) is 1. The van der Waals surface area contributed by atoms with Gasteiger partial charge in [0.2, 0.25) is 0 Å². The molecule has 1 aliphatic heterocycles. The molecule has 1 aliphatic rings. The Balaban J connectivity index is 2.83. The SMILES string of the molecule is C=CCCC[C@@]1(CC=C)C=CC(=O)[C@@H](C(C)C)O1. The molecule has 1 heterocycles. The zero-order valence-corrected chi connectivity index (χ0v) is 11.5. The first-order chi connectivity index (χ1) is 8.54. The molecule has 18 heavy (non-hydrogen) atoms. The Morgan fingerprint density at radius 1 is 1.44 bits per heavy atom. The fourth-order valence-electron chi connectivity index (χ4n) is 2.29. The maximum Gasteiger partial charge on any atom is 0.184 e. The summed E-state index contributed by atoms with van der Waals surface area (Å²) in [5.41, 5.74) is -0.354. The first-order valence-electron chi connectivity index (χ1n) is 6.67. The minimum absolute atomic E-state index is 0.0772. The minimum Gasteiger partial charge on any atom is -0.359 e. The number of allylic oxidation sites excluding steroid dienone is 1. The molecule has 0 saturated carbocycles. The van der Waals surface area contributed by atoms with E-state index >= 15 is 0 Å². The fraction of sp³-hybridized carbons (Fsp3) is 0.562. The van der Waals surface area contributed by atoms with E-state index in [0.29, 0.717) is 0 Å². The summed E-state index contributed by atoms with van der Waals surface area (Å²) in [4.78, 5) is 11.8. The normalized spacial score (nSPS) is 27.5. The summed E-state index contributed by atoms with van der Waals surface area (Å²) in [7, 11) is 0. The van der Waals surface area contributed by atoms with Crippen molar-refractivity contribution < 1.29 is 9.53 Å². The van der Waals surface area contributed by atoms with Crippen LogP contribution in [0.25, 0.3) is 0 Å². The highest BCUT2D eigenvalue weighted by Gasteiger charge is 2.37. The van der Waals surface area contributed by atoms with Gasteiger partial charge in [0.25, 0.3) is 0 Å². The van der Waals surface area contributed by atoms with E-state index in [9.17, 15) is 4.79 Å². The molecule has 0 amide bonds. The molecule has 0 N–H and O–H groups in total. The zero-order chi connectivity index (χ0) is 13.6. The van der Waals surface area contributed by atoms with Crippen molar-refractivity contribution in [1.29, 1.82) is 0 Å². The van der Waals surface area contributed by atoms with E-state index in [4.69, 9.17) is 4.74 Å². The second-order valence-electron chi connectivity index (χ2n) is 5.26. The topological polar surface area (TPSA) is 26.3 Å². The second-order valence-corrected chi connectivity index (χ2v) is 5.26. The van der Waals surface area contributed by atoms with Gasteiger partial charge in [-0.3, -0.25) is 4.79 Å². The third-order valence-corrected chi connectivity index (χ3v) is 3.30. The Morgan fingerprint density at radius 3 is 2.72 bits per heavy atom. The molecule has 0 fully saturated rings. The van der Waals surface area contributed by atoms with Crippen LogP contribution < -0.4 is 0 Å². The summed E-state index contributed by atoms with van der Waals surface area (Å²) in [5, 5.41) is 0. The lowest BCUT2D eigenvalue weighted by Crippen LogP contribution is -2.44. The summed E-state index contributed by atoms with van der Waals surface area (Å²) in [6, 6.07) is 0. The lowest BCUT2D eigenvalue weighted by molar-refractivity contribution is -0.145. The van der Waals surface area contributed by atoms with Gasteiger partial charge in [-0.15, -0.1) is 13.2 Å². The molecule has 1 rings (SSSR count). The van der Waals surface area contributed by atoms with Gasteiger partial charge in [0.1, 0.15) is 6.10 Å². The van der Waals surface area contributed by atoms with Crippen LogP contribution in [0.1, 0.15) is 39.5 Å². The monoisotopic (exact) mass is 248 g/mol. The van der Waals surface area contributed by atoms with Crippen molar-refractivity contribution in [2.75, 3.05) is 0 Å². The molecule has 2 atom stereocenters. The van der Waals surface area contributed by atoms with Gasteiger partial charge in [-0.05, 0) is 43.8 Å². The molecule has 0 radical (unpaired) electrons. The molecule has 100 valence electrons. The lowest BCUT2D eigenvalue weighted by atomic mass is 9.87. The molecular weight excluding hydrogens is 224 g/mol. The van der Waals surface area contributed by atoms with Gasteiger partial charge < -0.3 is 4.74 Å². The van der Waals surface area contributed by atoms with Gasteiger partial charge in [-0.1, -0.05) is 26.0 Å². The van der Waals surface area contributed by atoms with Crippen molar-refractivity contribution in [2.45, 2.75) is 51.2 Å². The number of ketones is 1. The molecule has 2 heteroatoms. The summed E-state index contributed by atoms with van der Waals surface area (Å²) in [6.07, 6.45) is 10.7. The molecule has 0 aromatic carbocycles. The number of carbonyl (C=O) groups excluding carboxylic acids is 1. The Bertz CT molecular complexity index is 341. The molecule has 0 bridgehead atoms. The van der Waals surface area contributed by atoms with Crippen molar-refractivity contribution in [3.63, 3.8) is 0 Å².